The van der Waals surface area contributed by atoms with Crippen LogP contribution in [0.1, 0.15) is 23.2 Å². The maximum absolute atomic E-state index is 12.6. The highest BCUT2D eigenvalue weighted by atomic mass is 32.2. The van der Waals surface area contributed by atoms with Crippen LogP contribution in [0.15, 0.2) is 30.3 Å². The second kappa shape index (κ2) is 8.53. The van der Waals surface area contributed by atoms with Crippen molar-refractivity contribution in [2.24, 2.45) is 0 Å². The zero-order valence-corrected chi connectivity index (χ0v) is 14.8. The first-order chi connectivity index (χ1) is 11.7. The van der Waals surface area contributed by atoms with Crippen LogP contribution in [0, 0.1) is 0 Å². The van der Waals surface area contributed by atoms with E-state index in [1.807, 2.05) is 51.9 Å². The molecule has 2 aliphatic rings. The smallest absolute Gasteiger partial charge is 0.253 e. The Morgan fingerprint density at radius 3 is 2.58 bits per heavy atom. The van der Waals surface area contributed by atoms with Gasteiger partial charge in [-0.25, -0.2) is 0 Å². The first kappa shape index (κ1) is 17.3. The van der Waals surface area contributed by atoms with E-state index in [2.05, 4.69) is 5.32 Å². The van der Waals surface area contributed by atoms with Crippen LogP contribution in [-0.4, -0.2) is 71.9 Å². The molecule has 1 atom stereocenters. The maximum Gasteiger partial charge on any atom is 0.253 e. The molecule has 1 N–H and O–H groups in total. The van der Waals surface area contributed by atoms with Gasteiger partial charge in [0, 0.05) is 62.3 Å². The van der Waals surface area contributed by atoms with Gasteiger partial charge in [0.2, 0.25) is 5.91 Å². The van der Waals surface area contributed by atoms with Crippen molar-refractivity contribution in [1.82, 2.24) is 15.1 Å². The molecule has 1 aromatic rings. The SMILES string of the molecule is O=C(CC1CSCCN1)N1CCCN(C(=O)c2ccccc2)CC1. The van der Waals surface area contributed by atoms with Crippen LogP contribution in [0.3, 0.4) is 0 Å². The fourth-order valence-electron chi connectivity index (χ4n) is 3.22. The molecule has 1 unspecified atom stereocenters. The summed E-state index contributed by atoms with van der Waals surface area (Å²) in [7, 11) is 0. The van der Waals surface area contributed by atoms with E-state index in [0.717, 1.165) is 43.1 Å². The van der Waals surface area contributed by atoms with Crippen LogP contribution in [0.2, 0.25) is 0 Å². The lowest BCUT2D eigenvalue weighted by Crippen LogP contribution is -2.43. The summed E-state index contributed by atoms with van der Waals surface area (Å²) in [5, 5.41) is 3.42. The molecule has 0 radical (unpaired) electrons. The summed E-state index contributed by atoms with van der Waals surface area (Å²) in [6, 6.07) is 9.68. The van der Waals surface area contributed by atoms with Crippen molar-refractivity contribution >= 4 is 23.6 Å². The van der Waals surface area contributed by atoms with Gasteiger partial charge in [-0.05, 0) is 18.6 Å². The molecule has 2 aliphatic heterocycles. The Balaban J connectivity index is 1.52. The van der Waals surface area contributed by atoms with Gasteiger partial charge in [0.25, 0.3) is 5.91 Å². The molecule has 6 heteroatoms. The highest BCUT2D eigenvalue weighted by Crippen LogP contribution is 2.14. The number of benzene rings is 1. The van der Waals surface area contributed by atoms with E-state index in [1.165, 1.54) is 0 Å². The molecule has 2 fully saturated rings. The van der Waals surface area contributed by atoms with Gasteiger partial charge >= 0.3 is 0 Å². The number of carbonyl (C=O) groups excluding carboxylic acids is 2. The molecule has 0 spiro atoms. The highest BCUT2D eigenvalue weighted by molar-refractivity contribution is 7.99. The normalized spacial score (nSPS) is 22.1. The van der Waals surface area contributed by atoms with E-state index in [9.17, 15) is 9.59 Å². The summed E-state index contributed by atoms with van der Waals surface area (Å²) in [5.41, 5.74) is 0.723. The quantitative estimate of drug-likeness (QED) is 0.899. The number of nitrogens with zero attached hydrogens (tertiary/aromatic N) is 2. The predicted molar refractivity (Wildman–Crippen MR) is 97.3 cm³/mol. The van der Waals surface area contributed by atoms with E-state index in [-0.39, 0.29) is 11.8 Å². The lowest BCUT2D eigenvalue weighted by Gasteiger charge is -2.27. The summed E-state index contributed by atoms with van der Waals surface area (Å²) in [5.74, 6) is 2.42. The van der Waals surface area contributed by atoms with Crippen molar-refractivity contribution in [3.8, 4) is 0 Å². The van der Waals surface area contributed by atoms with Crippen molar-refractivity contribution in [1.29, 1.82) is 0 Å². The van der Waals surface area contributed by atoms with Crippen molar-refractivity contribution in [3.05, 3.63) is 35.9 Å². The first-order valence-corrected chi connectivity index (χ1v) is 9.83. The molecule has 130 valence electrons. The summed E-state index contributed by atoms with van der Waals surface area (Å²) in [6.45, 7) is 3.71. The van der Waals surface area contributed by atoms with Crippen molar-refractivity contribution < 1.29 is 9.59 Å². The van der Waals surface area contributed by atoms with Gasteiger partial charge in [-0.3, -0.25) is 9.59 Å². The average molecular weight is 347 g/mol. The summed E-state index contributed by atoms with van der Waals surface area (Å²) in [4.78, 5) is 28.9. The Morgan fingerprint density at radius 2 is 1.83 bits per heavy atom. The minimum atomic E-state index is 0.0650. The first-order valence-electron chi connectivity index (χ1n) is 8.67. The molecule has 0 aliphatic carbocycles. The van der Waals surface area contributed by atoms with Gasteiger partial charge in [-0.15, -0.1) is 0 Å². The Morgan fingerprint density at radius 1 is 1.08 bits per heavy atom. The number of hydrogen-bond acceptors (Lipinski definition) is 4. The van der Waals surface area contributed by atoms with Gasteiger partial charge < -0.3 is 15.1 Å². The Kier molecular flexibility index (Phi) is 6.15. The van der Waals surface area contributed by atoms with Crippen molar-refractivity contribution in [2.75, 3.05) is 44.2 Å². The molecule has 2 amide bonds. The minimum absolute atomic E-state index is 0.0650. The molecular weight excluding hydrogens is 322 g/mol. The average Bonchev–Trinajstić information content (AvgIpc) is 2.89. The zero-order valence-electron chi connectivity index (χ0n) is 13.9. The van der Waals surface area contributed by atoms with E-state index < -0.39 is 0 Å². The van der Waals surface area contributed by atoms with Gasteiger partial charge in [0.15, 0.2) is 0 Å². The largest absolute Gasteiger partial charge is 0.341 e. The van der Waals surface area contributed by atoms with Gasteiger partial charge in [-0.2, -0.15) is 11.8 Å². The monoisotopic (exact) mass is 347 g/mol. The topological polar surface area (TPSA) is 52.7 Å². The molecule has 5 nitrogen and oxygen atoms in total. The van der Waals surface area contributed by atoms with E-state index in [4.69, 9.17) is 0 Å². The lowest BCUT2D eigenvalue weighted by atomic mass is 10.2. The van der Waals surface area contributed by atoms with Crippen LogP contribution in [0.25, 0.3) is 0 Å². The zero-order chi connectivity index (χ0) is 16.8. The fraction of sp³-hybridized carbons (Fsp3) is 0.556. The van der Waals surface area contributed by atoms with E-state index in [0.29, 0.717) is 25.6 Å². The van der Waals surface area contributed by atoms with Gasteiger partial charge in [0.05, 0.1) is 0 Å². The van der Waals surface area contributed by atoms with Crippen LogP contribution in [0.4, 0.5) is 0 Å². The number of nitrogens with one attached hydrogen (secondary N) is 1. The molecule has 2 heterocycles. The van der Waals surface area contributed by atoms with Crippen LogP contribution >= 0.6 is 11.8 Å². The van der Waals surface area contributed by atoms with Crippen molar-refractivity contribution in [3.63, 3.8) is 0 Å². The molecule has 3 rings (SSSR count). The number of carbonyl (C=O) groups is 2. The van der Waals surface area contributed by atoms with Crippen LogP contribution in [0.5, 0.6) is 0 Å². The summed E-state index contributed by atoms with van der Waals surface area (Å²) >= 11 is 1.91. The third kappa shape index (κ3) is 4.51. The van der Waals surface area contributed by atoms with Crippen molar-refractivity contribution in [2.45, 2.75) is 18.9 Å². The third-order valence-electron chi connectivity index (χ3n) is 4.58. The number of thioether (sulfide) groups is 1. The number of rotatable bonds is 3. The second-order valence-electron chi connectivity index (χ2n) is 6.32. The standard InChI is InChI=1S/C18H25N3O2S/c22-17(13-16-14-24-12-7-19-16)20-8-4-9-21(11-10-20)18(23)15-5-2-1-3-6-15/h1-3,5-6,16,19H,4,7-14H2. The molecule has 0 bridgehead atoms. The molecule has 0 saturated carbocycles. The second-order valence-corrected chi connectivity index (χ2v) is 7.47. The number of amides is 2. The Labute approximate surface area is 147 Å². The molecule has 2 saturated heterocycles. The number of hydrogen-bond donors (Lipinski definition) is 1. The lowest BCUT2D eigenvalue weighted by molar-refractivity contribution is -0.131. The summed E-state index contributed by atoms with van der Waals surface area (Å²) < 4.78 is 0. The molecule has 24 heavy (non-hydrogen) atoms. The highest BCUT2D eigenvalue weighted by Gasteiger charge is 2.25. The predicted octanol–water partition coefficient (Wildman–Crippen LogP) is 1.46. The fourth-order valence-corrected chi connectivity index (χ4v) is 4.17. The van der Waals surface area contributed by atoms with E-state index in [1.54, 1.807) is 0 Å². The Hall–Kier alpha value is -1.53. The Bertz CT molecular complexity index is 561. The van der Waals surface area contributed by atoms with Crippen LogP contribution in [-0.2, 0) is 4.79 Å². The molecular formula is C18H25N3O2S. The minimum Gasteiger partial charge on any atom is -0.341 e. The molecule has 1 aromatic carbocycles. The van der Waals surface area contributed by atoms with Crippen LogP contribution < -0.4 is 5.32 Å². The van der Waals surface area contributed by atoms with E-state index >= 15 is 0 Å². The van der Waals surface area contributed by atoms with Gasteiger partial charge in [0.1, 0.15) is 0 Å². The maximum atomic E-state index is 12.6. The summed E-state index contributed by atoms with van der Waals surface area (Å²) in [6.07, 6.45) is 1.41. The van der Waals surface area contributed by atoms with Gasteiger partial charge in [-0.1, -0.05) is 18.2 Å². The third-order valence-corrected chi connectivity index (χ3v) is 5.71. The molecule has 0 aromatic heterocycles.